The van der Waals surface area contributed by atoms with Crippen LogP contribution in [-0.2, 0) is 25.5 Å². The summed E-state index contributed by atoms with van der Waals surface area (Å²) in [7, 11) is -0.820. The van der Waals surface area contributed by atoms with Gasteiger partial charge < -0.3 is 4.90 Å². The second kappa shape index (κ2) is 6.77. The summed E-state index contributed by atoms with van der Waals surface area (Å²) < 4.78 is 47.7. The SMILES string of the molecule is CN(c1ccccc1C(=O)N1CCc2nc(S(=O)(=O)Cl)ccc21)S(C)(=O)=O. The molecule has 1 aliphatic heterocycles. The van der Waals surface area contributed by atoms with Crippen LogP contribution in [-0.4, -0.2) is 47.6 Å². The predicted molar refractivity (Wildman–Crippen MR) is 102 cm³/mol. The number of fused-ring (bicyclic) bond motifs is 1. The van der Waals surface area contributed by atoms with Gasteiger partial charge in [-0.1, -0.05) is 12.1 Å². The fraction of sp³-hybridized carbons (Fsp3) is 0.250. The molecule has 0 atom stereocenters. The van der Waals surface area contributed by atoms with Crippen LogP contribution in [0.5, 0.6) is 0 Å². The second-order valence-corrected chi connectivity index (χ2v) is 10.5. The zero-order valence-corrected chi connectivity index (χ0v) is 16.8. The van der Waals surface area contributed by atoms with Crippen LogP contribution in [0.25, 0.3) is 0 Å². The molecule has 1 aliphatic rings. The van der Waals surface area contributed by atoms with E-state index in [-0.39, 0.29) is 16.3 Å². The van der Waals surface area contributed by atoms with Crippen molar-refractivity contribution in [3.63, 3.8) is 0 Å². The maximum absolute atomic E-state index is 13.1. The third kappa shape index (κ3) is 3.78. The molecule has 27 heavy (non-hydrogen) atoms. The van der Waals surface area contributed by atoms with Gasteiger partial charge in [0.1, 0.15) is 0 Å². The molecule has 1 amide bonds. The summed E-state index contributed by atoms with van der Waals surface area (Å²) in [6.07, 6.45) is 1.42. The van der Waals surface area contributed by atoms with Crippen LogP contribution in [0.3, 0.4) is 0 Å². The average molecular weight is 430 g/mol. The number of pyridine rings is 1. The molecule has 0 bridgehead atoms. The number of aromatic nitrogens is 1. The van der Waals surface area contributed by atoms with E-state index in [0.29, 0.717) is 24.3 Å². The van der Waals surface area contributed by atoms with Crippen molar-refractivity contribution in [2.24, 2.45) is 0 Å². The van der Waals surface area contributed by atoms with Gasteiger partial charge in [0.25, 0.3) is 15.0 Å². The lowest BCUT2D eigenvalue weighted by molar-refractivity contribution is 0.0990. The lowest BCUT2D eigenvalue weighted by Gasteiger charge is -2.23. The van der Waals surface area contributed by atoms with Crippen LogP contribution in [0.1, 0.15) is 16.1 Å². The molecule has 0 saturated heterocycles. The van der Waals surface area contributed by atoms with Crippen molar-refractivity contribution in [3.8, 4) is 0 Å². The van der Waals surface area contributed by atoms with Crippen LogP contribution < -0.4 is 9.21 Å². The molecule has 8 nitrogen and oxygen atoms in total. The standard InChI is InChI=1S/C16H16ClN3O5S2/c1-19(26(2,22)23)13-6-4-3-5-11(13)16(21)20-10-9-12-14(20)7-8-15(18-12)27(17,24)25/h3-8H,9-10H2,1-2H3. The number of hydrogen-bond donors (Lipinski definition) is 0. The van der Waals surface area contributed by atoms with Gasteiger partial charge in [-0.15, -0.1) is 0 Å². The number of para-hydroxylation sites is 1. The normalized spacial score (nSPS) is 14.1. The van der Waals surface area contributed by atoms with Gasteiger partial charge >= 0.3 is 0 Å². The lowest BCUT2D eigenvalue weighted by Crippen LogP contribution is -2.32. The van der Waals surface area contributed by atoms with Gasteiger partial charge in [-0.25, -0.2) is 21.8 Å². The predicted octanol–water partition coefficient (Wildman–Crippen LogP) is 1.61. The summed E-state index contributed by atoms with van der Waals surface area (Å²) in [4.78, 5) is 18.5. The monoisotopic (exact) mass is 429 g/mol. The van der Waals surface area contributed by atoms with Crippen LogP contribution in [0.15, 0.2) is 41.4 Å². The number of hydrogen-bond acceptors (Lipinski definition) is 6. The second-order valence-electron chi connectivity index (χ2n) is 6.01. The minimum atomic E-state index is -3.96. The van der Waals surface area contributed by atoms with Crippen molar-refractivity contribution in [1.82, 2.24) is 4.98 Å². The number of nitrogens with zero attached hydrogens (tertiary/aromatic N) is 3. The molecule has 0 N–H and O–H groups in total. The Hall–Kier alpha value is -2.17. The van der Waals surface area contributed by atoms with Crippen LogP contribution in [0.4, 0.5) is 11.4 Å². The Morgan fingerprint density at radius 2 is 1.81 bits per heavy atom. The highest BCUT2D eigenvalue weighted by molar-refractivity contribution is 8.13. The minimum Gasteiger partial charge on any atom is -0.306 e. The van der Waals surface area contributed by atoms with Crippen molar-refractivity contribution < 1.29 is 21.6 Å². The van der Waals surface area contributed by atoms with Crippen molar-refractivity contribution in [2.75, 3.05) is 29.1 Å². The molecule has 2 heterocycles. The van der Waals surface area contributed by atoms with Crippen molar-refractivity contribution in [1.29, 1.82) is 0 Å². The number of benzene rings is 1. The van der Waals surface area contributed by atoms with Gasteiger partial charge in [0.2, 0.25) is 10.0 Å². The number of amides is 1. The number of halogens is 1. The first kappa shape index (κ1) is 19.6. The number of carbonyl (C=O) groups excluding carboxylic acids is 1. The highest BCUT2D eigenvalue weighted by Gasteiger charge is 2.30. The number of sulfonamides is 1. The average Bonchev–Trinajstić information content (AvgIpc) is 3.02. The smallest absolute Gasteiger partial charge is 0.278 e. The third-order valence-corrected chi connectivity index (χ3v) is 6.65. The minimum absolute atomic E-state index is 0.215. The topological polar surface area (TPSA) is 105 Å². The zero-order valence-electron chi connectivity index (χ0n) is 14.5. The highest BCUT2D eigenvalue weighted by atomic mass is 35.7. The first-order chi connectivity index (χ1) is 12.5. The van der Waals surface area contributed by atoms with Crippen molar-refractivity contribution >= 4 is 47.0 Å². The van der Waals surface area contributed by atoms with Gasteiger partial charge in [0.15, 0.2) is 5.03 Å². The largest absolute Gasteiger partial charge is 0.306 e. The summed E-state index contributed by atoms with van der Waals surface area (Å²) >= 11 is 0. The van der Waals surface area contributed by atoms with E-state index in [1.165, 1.54) is 24.1 Å². The maximum Gasteiger partial charge on any atom is 0.278 e. The Labute approximate surface area is 161 Å². The lowest BCUT2D eigenvalue weighted by atomic mass is 10.1. The molecule has 144 valence electrons. The Balaban J connectivity index is 2.01. The molecule has 1 aromatic carbocycles. The number of carbonyl (C=O) groups is 1. The summed E-state index contributed by atoms with van der Waals surface area (Å²) in [6, 6.07) is 9.10. The Morgan fingerprint density at radius 3 is 2.44 bits per heavy atom. The molecule has 1 aromatic heterocycles. The molecule has 0 saturated carbocycles. The fourth-order valence-electron chi connectivity index (χ4n) is 2.84. The van der Waals surface area contributed by atoms with Gasteiger partial charge in [0, 0.05) is 30.7 Å². The summed E-state index contributed by atoms with van der Waals surface area (Å²) in [5.74, 6) is -0.400. The van der Waals surface area contributed by atoms with E-state index >= 15 is 0 Å². The first-order valence-electron chi connectivity index (χ1n) is 7.79. The molecule has 0 radical (unpaired) electrons. The molecule has 0 unspecified atom stereocenters. The summed E-state index contributed by atoms with van der Waals surface area (Å²) in [5.41, 5.74) is 1.39. The van der Waals surface area contributed by atoms with Crippen molar-refractivity contribution in [2.45, 2.75) is 11.4 Å². The van der Waals surface area contributed by atoms with Gasteiger partial charge in [-0.05, 0) is 24.3 Å². The Morgan fingerprint density at radius 1 is 1.15 bits per heavy atom. The Bertz CT molecular complexity index is 1130. The number of anilines is 2. The molecule has 11 heteroatoms. The highest BCUT2D eigenvalue weighted by Crippen LogP contribution is 2.32. The van der Waals surface area contributed by atoms with E-state index in [1.807, 2.05) is 0 Å². The quantitative estimate of drug-likeness (QED) is 0.684. The van der Waals surface area contributed by atoms with Gasteiger partial charge in [-0.2, -0.15) is 0 Å². The van der Waals surface area contributed by atoms with E-state index in [2.05, 4.69) is 4.98 Å². The molecule has 0 spiro atoms. The van der Waals surface area contributed by atoms with E-state index in [9.17, 15) is 21.6 Å². The third-order valence-electron chi connectivity index (χ3n) is 4.25. The van der Waals surface area contributed by atoms with Gasteiger partial charge in [-0.3, -0.25) is 9.10 Å². The van der Waals surface area contributed by atoms with Crippen molar-refractivity contribution in [3.05, 3.63) is 47.7 Å². The van der Waals surface area contributed by atoms with Gasteiger partial charge in [0.05, 0.1) is 28.9 Å². The molecule has 0 fully saturated rings. The van der Waals surface area contributed by atoms with E-state index in [4.69, 9.17) is 10.7 Å². The van der Waals surface area contributed by atoms with Crippen LogP contribution in [0.2, 0.25) is 0 Å². The fourth-order valence-corrected chi connectivity index (χ4v) is 4.07. The van der Waals surface area contributed by atoms with E-state index < -0.39 is 25.0 Å². The molecule has 2 aromatic rings. The first-order valence-corrected chi connectivity index (χ1v) is 12.0. The zero-order chi connectivity index (χ0) is 20.0. The van der Waals surface area contributed by atoms with E-state index in [1.54, 1.807) is 24.3 Å². The Kier molecular flexibility index (Phi) is 4.91. The number of rotatable bonds is 4. The molecular formula is C16H16ClN3O5S2. The van der Waals surface area contributed by atoms with E-state index in [0.717, 1.165) is 10.6 Å². The molecule has 0 aliphatic carbocycles. The van der Waals surface area contributed by atoms with Crippen LogP contribution >= 0.6 is 10.7 Å². The summed E-state index contributed by atoms with van der Waals surface area (Å²) in [6.45, 7) is 0.296. The van der Waals surface area contributed by atoms with Crippen LogP contribution in [0, 0.1) is 0 Å². The molecule has 3 rings (SSSR count). The maximum atomic E-state index is 13.1. The molecular weight excluding hydrogens is 414 g/mol. The summed E-state index contributed by atoms with van der Waals surface area (Å²) in [5, 5.41) is -0.269.